The van der Waals surface area contributed by atoms with Crippen LogP contribution in [0, 0.1) is 0 Å². The molecule has 0 atom stereocenters. The van der Waals surface area contributed by atoms with Crippen molar-refractivity contribution < 1.29 is 0 Å². The molecular formula is C7H11N3. The second kappa shape index (κ2) is 3.15. The van der Waals surface area contributed by atoms with Crippen molar-refractivity contribution in [3.63, 3.8) is 0 Å². The lowest BCUT2D eigenvalue weighted by atomic mass is 10.6. The molecule has 0 radical (unpaired) electrons. The summed E-state index contributed by atoms with van der Waals surface area (Å²) in [6, 6.07) is 0. The normalized spacial score (nSPS) is 12.2. The van der Waals surface area contributed by atoms with Gasteiger partial charge in [0.2, 0.25) is 0 Å². The summed E-state index contributed by atoms with van der Waals surface area (Å²) < 4.78 is 1.92. The van der Waals surface area contributed by atoms with Gasteiger partial charge in [0.1, 0.15) is 5.82 Å². The summed E-state index contributed by atoms with van der Waals surface area (Å²) >= 11 is 0. The average molecular weight is 137 g/mol. The predicted octanol–water partition coefficient (Wildman–Crippen LogP) is 1.30. The molecule has 2 heterocycles. The van der Waals surface area contributed by atoms with Crippen LogP contribution >= 0.6 is 0 Å². The Balaban J connectivity index is 0.000000231. The van der Waals surface area contributed by atoms with E-state index in [4.69, 9.17) is 0 Å². The Morgan fingerprint density at radius 2 is 2.30 bits per heavy atom. The second-order valence-corrected chi connectivity index (χ2v) is 1.71. The van der Waals surface area contributed by atoms with Crippen molar-refractivity contribution >= 4 is 6.34 Å². The highest BCUT2D eigenvalue weighted by atomic mass is 15.1. The SMILES string of the molecule is C1=NCc2nccn21.CC. The van der Waals surface area contributed by atoms with E-state index < -0.39 is 0 Å². The summed E-state index contributed by atoms with van der Waals surface area (Å²) in [4.78, 5) is 8.02. The molecule has 0 unspecified atom stereocenters. The van der Waals surface area contributed by atoms with Gasteiger partial charge in [0.15, 0.2) is 0 Å². The fraction of sp³-hybridized carbons (Fsp3) is 0.429. The van der Waals surface area contributed by atoms with Crippen LogP contribution in [0.1, 0.15) is 19.7 Å². The monoisotopic (exact) mass is 137 g/mol. The van der Waals surface area contributed by atoms with Gasteiger partial charge in [-0.05, 0) is 0 Å². The van der Waals surface area contributed by atoms with Crippen molar-refractivity contribution in [2.45, 2.75) is 20.4 Å². The summed E-state index contributed by atoms with van der Waals surface area (Å²) in [5.41, 5.74) is 0. The maximum Gasteiger partial charge on any atom is 0.135 e. The van der Waals surface area contributed by atoms with Gasteiger partial charge in [0.05, 0.1) is 12.9 Å². The van der Waals surface area contributed by atoms with Crippen LogP contribution in [0.3, 0.4) is 0 Å². The Labute approximate surface area is 60.4 Å². The van der Waals surface area contributed by atoms with Gasteiger partial charge in [-0.1, -0.05) is 13.8 Å². The molecule has 3 nitrogen and oxygen atoms in total. The Morgan fingerprint density at radius 1 is 1.50 bits per heavy atom. The minimum absolute atomic E-state index is 0.743. The molecule has 0 fully saturated rings. The Bertz CT molecular complexity index is 225. The van der Waals surface area contributed by atoms with Crippen LogP contribution in [0.5, 0.6) is 0 Å². The number of aliphatic imine (C=N–C) groups is 1. The highest BCUT2D eigenvalue weighted by molar-refractivity contribution is 5.61. The summed E-state index contributed by atoms with van der Waals surface area (Å²) in [7, 11) is 0. The minimum atomic E-state index is 0.743. The van der Waals surface area contributed by atoms with Crippen molar-refractivity contribution in [2.75, 3.05) is 0 Å². The Morgan fingerprint density at radius 3 is 3.00 bits per heavy atom. The molecule has 0 aliphatic carbocycles. The zero-order valence-corrected chi connectivity index (χ0v) is 6.28. The lowest BCUT2D eigenvalue weighted by Crippen LogP contribution is -1.89. The van der Waals surface area contributed by atoms with Crippen LogP contribution in [0.2, 0.25) is 0 Å². The van der Waals surface area contributed by atoms with Gasteiger partial charge in [-0.25, -0.2) is 4.98 Å². The van der Waals surface area contributed by atoms with Gasteiger partial charge in [-0.3, -0.25) is 9.56 Å². The third-order valence-electron chi connectivity index (χ3n) is 1.19. The van der Waals surface area contributed by atoms with Crippen molar-refractivity contribution in [1.29, 1.82) is 0 Å². The van der Waals surface area contributed by atoms with Gasteiger partial charge >= 0.3 is 0 Å². The van der Waals surface area contributed by atoms with Crippen LogP contribution in [-0.2, 0) is 6.54 Å². The number of fused-ring (bicyclic) bond motifs is 1. The summed E-state index contributed by atoms with van der Waals surface area (Å²) in [6.07, 6.45) is 5.45. The standard InChI is InChI=1S/C5H5N3.C2H6/c1-2-8-4-6-3-5(8)7-1;1-2/h1-2,4H,3H2;1-2H3. The van der Waals surface area contributed by atoms with E-state index in [1.165, 1.54) is 0 Å². The first-order valence-electron chi connectivity index (χ1n) is 3.48. The fourth-order valence-electron chi connectivity index (χ4n) is 0.782. The molecule has 10 heavy (non-hydrogen) atoms. The van der Waals surface area contributed by atoms with Crippen LogP contribution in [-0.4, -0.2) is 15.9 Å². The Hall–Kier alpha value is -1.12. The molecule has 1 aromatic heterocycles. The smallest absolute Gasteiger partial charge is 0.135 e. The van der Waals surface area contributed by atoms with Crippen molar-refractivity contribution in [2.24, 2.45) is 4.99 Å². The summed E-state index contributed by atoms with van der Waals surface area (Å²) in [5, 5.41) is 0. The molecule has 0 spiro atoms. The van der Waals surface area contributed by atoms with Gasteiger partial charge in [-0.2, -0.15) is 0 Å². The van der Waals surface area contributed by atoms with Crippen LogP contribution < -0.4 is 0 Å². The topological polar surface area (TPSA) is 30.2 Å². The largest absolute Gasteiger partial charge is 0.293 e. The number of imidazole rings is 1. The molecule has 0 bridgehead atoms. The highest BCUT2D eigenvalue weighted by Crippen LogP contribution is 2.01. The highest BCUT2D eigenvalue weighted by Gasteiger charge is 2.02. The van der Waals surface area contributed by atoms with Crippen molar-refractivity contribution in [3.8, 4) is 0 Å². The minimum Gasteiger partial charge on any atom is -0.293 e. The number of nitrogens with zero attached hydrogens (tertiary/aromatic N) is 3. The maximum atomic E-state index is 4.03. The van der Waals surface area contributed by atoms with Gasteiger partial charge in [0, 0.05) is 12.4 Å². The first-order chi connectivity index (χ1) is 4.97. The second-order valence-electron chi connectivity index (χ2n) is 1.71. The molecule has 54 valence electrons. The van der Waals surface area contributed by atoms with E-state index in [-0.39, 0.29) is 0 Å². The van der Waals surface area contributed by atoms with E-state index in [0.29, 0.717) is 0 Å². The number of hydrogen-bond acceptors (Lipinski definition) is 2. The van der Waals surface area contributed by atoms with Crippen molar-refractivity contribution in [1.82, 2.24) is 9.55 Å². The van der Waals surface area contributed by atoms with E-state index in [9.17, 15) is 0 Å². The molecule has 2 rings (SSSR count). The zero-order valence-electron chi connectivity index (χ0n) is 6.28. The van der Waals surface area contributed by atoms with Gasteiger partial charge < -0.3 is 0 Å². The van der Waals surface area contributed by atoms with Crippen LogP contribution in [0.25, 0.3) is 0 Å². The maximum absolute atomic E-state index is 4.03. The van der Waals surface area contributed by atoms with Crippen molar-refractivity contribution in [3.05, 3.63) is 18.2 Å². The first kappa shape index (κ1) is 6.99. The number of aromatic nitrogens is 2. The number of rotatable bonds is 0. The lowest BCUT2D eigenvalue weighted by molar-refractivity contribution is 0.974. The Kier molecular flexibility index (Phi) is 2.20. The van der Waals surface area contributed by atoms with E-state index in [0.717, 1.165) is 12.4 Å². The third-order valence-corrected chi connectivity index (χ3v) is 1.19. The van der Waals surface area contributed by atoms with E-state index in [1.807, 2.05) is 24.6 Å². The molecule has 3 heteroatoms. The molecule has 0 saturated carbocycles. The molecule has 1 aliphatic heterocycles. The van der Waals surface area contributed by atoms with E-state index >= 15 is 0 Å². The quantitative estimate of drug-likeness (QED) is 0.530. The molecule has 0 amide bonds. The predicted molar refractivity (Wildman–Crippen MR) is 41.2 cm³/mol. The molecule has 1 aliphatic rings. The fourth-order valence-corrected chi connectivity index (χ4v) is 0.782. The van der Waals surface area contributed by atoms with Crippen LogP contribution in [0.4, 0.5) is 0 Å². The summed E-state index contributed by atoms with van der Waals surface area (Å²) in [6.45, 7) is 4.74. The first-order valence-corrected chi connectivity index (χ1v) is 3.48. The molecule has 1 aromatic rings. The van der Waals surface area contributed by atoms with Crippen LogP contribution in [0.15, 0.2) is 17.4 Å². The average Bonchev–Trinajstić information content (AvgIpc) is 2.49. The molecule has 0 aromatic carbocycles. The molecule has 0 saturated heterocycles. The van der Waals surface area contributed by atoms with Gasteiger partial charge in [-0.15, -0.1) is 0 Å². The summed E-state index contributed by atoms with van der Waals surface area (Å²) in [5.74, 6) is 1.03. The van der Waals surface area contributed by atoms with E-state index in [2.05, 4.69) is 9.98 Å². The lowest BCUT2D eigenvalue weighted by Gasteiger charge is -1.83. The van der Waals surface area contributed by atoms with E-state index in [1.54, 1.807) is 12.5 Å². The molecule has 0 N–H and O–H groups in total. The molecular weight excluding hydrogens is 126 g/mol. The third kappa shape index (κ3) is 1.07. The van der Waals surface area contributed by atoms with Gasteiger partial charge in [0.25, 0.3) is 0 Å². The number of hydrogen-bond donors (Lipinski definition) is 0. The zero-order chi connectivity index (χ0) is 7.40.